The molecule has 0 radical (unpaired) electrons. The van der Waals surface area contributed by atoms with Crippen LogP contribution in [0, 0.1) is 0 Å². The van der Waals surface area contributed by atoms with Gasteiger partial charge in [-0.05, 0) is 25.5 Å². The Morgan fingerprint density at radius 3 is 2.36 bits per heavy atom. The average molecular weight is 460 g/mol. The third kappa shape index (κ3) is 6.29. The van der Waals surface area contributed by atoms with Gasteiger partial charge in [-0.25, -0.2) is 8.42 Å². The molecule has 0 amide bonds. The molecule has 0 fully saturated rings. The van der Waals surface area contributed by atoms with Crippen LogP contribution in [0.5, 0.6) is 0 Å². The maximum atomic E-state index is 11.7. The molecular formula is C14H23ClIN3O2S. The highest BCUT2D eigenvalue weighted by Crippen LogP contribution is 2.15. The Bertz CT molecular complexity index is 618. The second-order valence-electron chi connectivity index (χ2n) is 5.40. The normalized spacial score (nSPS) is 12.5. The first-order chi connectivity index (χ1) is 9.67. The molecule has 0 aliphatic carbocycles. The minimum absolute atomic E-state index is 0. The summed E-state index contributed by atoms with van der Waals surface area (Å²) in [6, 6.07) is 7.52. The highest BCUT2D eigenvalue weighted by molar-refractivity contribution is 14.0. The van der Waals surface area contributed by atoms with Crippen LogP contribution in [0.4, 0.5) is 0 Å². The summed E-state index contributed by atoms with van der Waals surface area (Å²) in [6.45, 7) is 4.14. The molecule has 5 nitrogen and oxygen atoms in total. The summed E-state index contributed by atoms with van der Waals surface area (Å²) < 4.78 is 22.5. The van der Waals surface area contributed by atoms with E-state index in [1.807, 2.05) is 24.3 Å². The lowest BCUT2D eigenvalue weighted by atomic mass is 10.2. The van der Waals surface area contributed by atoms with Gasteiger partial charge < -0.3 is 10.6 Å². The predicted octanol–water partition coefficient (Wildman–Crippen LogP) is 2.45. The van der Waals surface area contributed by atoms with Crippen LogP contribution >= 0.6 is 35.6 Å². The maximum Gasteiger partial charge on any atom is 0.191 e. The van der Waals surface area contributed by atoms with Crippen LogP contribution in [-0.4, -0.2) is 39.0 Å². The van der Waals surface area contributed by atoms with Gasteiger partial charge in [0.1, 0.15) is 0 Å². The van der Waals surface area contributed by atoms with Crippen molar-refractivity contribution in [3.63, 3.8) is 0 Å². The zero-order valence-corrected chi connectivity index (χ0v) is 17.1. The predicted molar refractivity (Wildman–Crippen MR) is 104 cm³/mol. The van der Waals surface area contributed by atoms with Crippen LogP contribution in [-0.2, 0) is 16.4 Å². The van der Waals surface area contributed by atoms with Gasteiger partial charge in [0.05, 0.1) is 4.75 Å². The molecule has 0 atom stereocenters. The Hall–Kier alpha value is -0.540. The van der Waals surface area contributed by atoms with Gasteiger partial charge in [0.2, 0.25) is 0 Å². The van der Waals surface area contributed by atoms with E-state index >= 15 is 0 Å². The zero-order chi connectivity index (χ0) is 16.1. The molecular weight excluding hydrogens is 437 g/mol. The fraction of sp³-hybridized carbons (Fsp3) is 0.500. The molecule has 0 saturated heterocycles. The Labute approximate surface area is 154 Å². The molecule has 0 unspecified atom stereocenters. The number of halogens is 2. The van der Waals surface area contributed by atoms with Gasteiger partial charge in [-0.1, -0.05) is 29.8 Å². The molecule has 0 bridgehead atoms. The summed E-state index contributed by atoms with van der Waals surface area (Å²) in [5.41, 5.74) is 0.949. The van der Waals surface area contributed by atoms with Gasteiger partial charge in [0, 0.05) is 31.4 Å². The first-order valence-corrected chi connectivity index (χ1v) is 8.82. The number of nitrogens with one attached hydrogen (secondary N) is 2. The molecule has 1 aromatic rings. The summed E-state index contributed by atoms with van der Waals surface area (Å²) in [4.78, 5) is 4.07. The lowest BCUT2D eigenvalue weighted by Crippen LogP contribution is -2.47. The first kappa shape index (κ1) is 21.5. The number of rotatable bonds is 5. The zero-order valence-electron chi connectivity index (χ0n) is 13.2. The molecule has 0 heterocycles. The van der Waals surface area contributed by atoms with Crippen LogP contribution in [0.25, 0.3) is 0 Å². The van der Waals surface area contributed by atoms with E-state index in [-0.39, 0.29) is 30.5 Å². The topological polar surface area (TPSA) is 70.6 Å². The second-order valence-corrected chi connectivity index (χ2v) is 8.46. The van der Waals surface area contributed by atoms with Gasteiger partial charge >= 0.3 is 0 Å². The second kappa shape index (κ2) is 8.93. The Morgan fingerprint density at radius 1 is 1.27 bits per heavy atom. The van der Waals surface area contributed by atoms with E-state index in [0.29, 0.717) is 17.5 Å². The van der Waals surface area contributed by atoms with Crippen molar-refractivity contribution in [1.29, 1.82) is 0 Å². The fourth-order valence-electron chi connectivity index (χ4n) is 1.47. The molecule has 1 rings (SSSR count). The summed E-state index contributed by atoms with van der Waals surface area (Å²) in [5.74, 6) is 0.534. The van der Waals surface area contributed by atoms with Gasteiger partial charge in [0.25, 0.3) is 0 Å². The number of nitrogens with zero attached hydrogens (tertiary/aromatic N) is 1. The standard InChI is InChI=1S/C14H22ClN3O2S.HI/c1-14(2,21(4,19)20)10-18-13(16-3)17-9-11-7-5-6-8-12(11)15;/h5-8H,9-10H2,1-4H3,(H2,16,17,18);1H. The van der Waals surface area contributed by atoms with Gasteiger partial charge in [0.15, 0.2) is 15.8 Å². The van der Waals surface area contributed by atoms with Gasteiger partial charge in [-0.2, -0.15) is 0 Å². The molecule has 22 heavy (non-hydrogen) atoms. The third-order valence-corrected chi connectivity index (χ3v) is 5.83. The molecule has 0 saturated carbocycles. The highest BCUT2D eigenvalue weighted by Gasteiger charge is 2.30. The van der Waals surface area contributed by atoms with E-state index in [1.54, 1.807) is 20.9 Å². The van der Waals surface area contributed by atoms with E-state index in [9.17, 15) is 8.42 Å². The van der Waals surface area contributed by atoms with Crippen molar-refractivity contribution < 1.29 is 8.42 Å². The lowest BCUT2D eigenvalue weighted by molar-refractivity contribution is 0.544. The van der Waals surface area contributed by atoms with Crippen molar-refractivity contribution >= 4 is 51.4 Å². The quantitative estimate of drug-likeness (QED) is 0.403. The summed E-state index contributed by atoms with van der Waals surface area (Å²) in [6.07, 6.45) is 1.23. The number of sulfone groups is 1. The van der Waals surface area contributed by atoms with E-state index in [2.05, 4.69) is 15.6 Å². The minimum atomic E-state index is -3.15. The Morgan fingerprint density at radius 2 is 1.86 bits per heavy atom. The Kier molecular flexibility index (Phi) is 8.71. The Balaban J connectivity index is 0.00000441. The van der Waals surface area contributed by atoms with Crippen molar-refractivity contribution in [3.8, 4) is 0 Å². The number of hydrogen-bond acceptors (Lipinski definition) is 3. The largest absolute Gasteiger partial charge is 0.355 e. The van der Waals surface area contributed by atoms with Crippen LogP contribution in [0.2, 0.25) is 5.02 Å². The molecule has 126 valence electrons. The van der Waals surface area contributed by atoms with E-state index in [1.165, 1.54) is 6.26 Å². The third-order valence-electron chi connectivity index (χ3n) is 3.31. The van der Waals surface area contributed by atoms with Crippen molar-refractivity contribution in [1.82, 2.24) is 10.6 Å². The number of hydrogen-bond donors (Lipinski definition) is 2. The minimum Gasteiger partial charge on any atom is -0.355 e. The van der Waals surface area contributed by atoms with Crippen molar-refractivity contribution in [2.75, 3.05) is 19.8 Å². The molecule has 0 aromatic heterocycles. The van der Waals surface area contributed by atoms with Crippen molar-refractivity contribution in [2.45, 2.75) is 25.1 Å². The summed E-state index contributed by atoms with van der Waals surface area (Å²) >= 11 is 6.08. The van der Waals surface area contributed by atoms with Crippen molar-refractivity contribution in [3.05, 3.63) is 34.9 Å². The number of guanidine groups is 1. The number of aliphatic imine (C=N–C) groups is 1. The summed E-state index contributed by atoms with van der Waals surface area (Å²) in [7, 11) is -1.51. The molecule has 0 spiro atoms. The fourth-order valence-corrected chi connectivity index (χ4v) is 2.01. The van der Waals surface area contributed by atoms with Gasteiger partial charge in [-0.3, -0.25) is 4.99 Å². The molecule has 0 aliphatic rings. The smallest absolute Gasteiger partial charge is 0.191 e. The van der Waals surface area contributed by atoms with Crippen molar-refractivity contribution in [2.24, 2.45) is 4.99 Å². The van der Waals surface area contributed by atoms with E-state index < -0.39 is 14.6 Å². The highest BCUT2D eigenvalue weighted by atomic mass is 127. The number of benzene rings is 1. The SMILES string of the molecule is CN=C(NCc1ccccc1Cl)NCC(C)(C)S(C)(=O)=O.I. The van der Waals surface area contributed by atoms with E-state index in [0.717, 1.165) is 5.56 Å². The van der Waals surface area contributed by atoms with Crippen LogP contribution in [0.1, 0.15) is 19.4 Å². The molecule has 0 aliphatic heterocycles. The monoisotopic (exact) mass is 459 g/mol. The van der Waals surface area contributed by atoms with E-state index in [4.69, 9.17) is 11.6 Å². The molecule has 1 aromatic carbocycles. The molecule has 2 N–H and O–H groups in total. The van der Waals surface area contributed by atoms with Gasteiger partial charge in [-0.15, -0.1) is 24.0 Å². The lowest BCUT2D eigenvalue weighted by Gasteiger charge is -2.24. The first-order valence-electron chi connectivity index (χ1n) is 6.55. The maximum absolute atomic E-state index is 11.7. The molecule has 8 heteroatoms. The van der Waals surface area contributed by atoms with Crippen LogP contribution in [0.3, 0.4) is 0 Å². The van der Waals surface area contributed by atoms with Crippen LogP contribution in [0.15, 0.2) is 29.3 Å². The average Bonchev–Trinajstić information content (AvgIpc) is 2.39. The summed E-state index contributed by atoms with van der Waals surface area (Å²) in [5, 5.41) is 6.81. The van der Waals surface area contributed by atoms with Crippen LogP contribution < -0.4 is 10.6 Å².